The van der Waals surface area contributed by atoms with Gasteiger partial charge in [-0.2, -0.15) is 0 Å². The Bertz CT molecular complexity index is 547. The summed E-state index contributed by atoms with van der Waals surface area (Å²) in [7, 11) is 0. The van der Waals surface area contributed by atoms with E-state index in [1.165, 1.54) is 24.8 Å². The number of aryl methyl sites for hydroxylation is 1. The highest BCUT2D eigenvalue weighted by molar-refractivity contribution is 5.42. The largest absolute Gasteiger partial charge is 0.252 e. The fraction of sp³-hybridized carbons (Fsp3) is 0.700. The van der Waals surface area contributed by atoms with Gasteiger partial charge in [-0.3, -0.25) is 5.26 Å². The zero-order valence-corrected chi connectivity index (χ0v) is 14.5. The summed E-state index contributed by atoms with van der Waals surface area (Å²) < 4.78 is 0. The van der Waals surface area contributed by atoms with E-state index in [1.807, 2.05) is 0 Å². The van der Waals surface area contributed by atoms with E-state index < -0.39 is 0 Å². The molecular weight excluding hydrogens is 272 g/mol. The third-order valence-corrected chi connectivity index (χ3v) is 6.56. The average Bonchev–Trinajstić information content (AvgIpc) is 2.46. The molecule has 0 aromatic heterocycles. The third-order valence-electron chi connectivity index (χ3n) is 6.56. The summed E-state index contributed by atoms with van der Waals surface area (Å²) in [6.07, 6.45) is 6.01. The van der Waals surface area contributed by atoms with Gasteiger partial charge in [-0.25, -0.2) is 4.89 Å². The molecule has 1 aromatic rings. The van der Waals surface area contributed by atoms with Crippen molar-refractivity contribution in [2.45, 2.75) is 71.1 Å². The van der Waals surface area contributed by atoms with Crippen LogP contribution >= 0.6 is 0 Å². The van der Waals surface area contributed by atoms with Gasteiger partial charge in [0.1, 0.15) is 0 Å². The average molecular weight is 302 g/mol. The van der Waals surface area contributed by atoms with Crippen molar-refractivity contribution in [3.05, 3.63) is 34.9 Å². The molecular formula is C20H30O2. The lowest BCUT2D eigenvalue weighted by molar-refractivity contribution is -0.271. The van der Waals surface area contributed by atoms with E-state index in [2.05, 4.69) is 50.8 Å². The summed E-state index contributed by atoms with van der Waals surface area (Å²) >= 11 is 0. The lowest BCUT2D eigenvalue weighted by atomic mass is 9.50. The maximum atomic E-state index is 9.05. The Morgan fingerprint density at radius 1 is 1.27 bits per heavy atom. The molecule has 2 aliphatic carbocycles. The SMILES string of the molecule is CC(C)c1ccc2c(c1)CCC1[C@](C)(COO)CCC[C@]21C. The molecule has 0 saturated heterocycles. The summed E-state index contributed by atoms with van der Waals surface area (Å²) in [5, 5.41) is 9.05. The molecule has 0 spiro atoms. The normalized spacial score (nSPS) is 34.4. The Labute approximate surface area is 134 Å². The zero-order chi connectivity index (χ0) is 16.0. The van der Waals surface area contributed by atoms with Gasteiger partial charge in [0.05, 0.1) is 6.61 Å². The summed E-state index contributed by atoms with van der Waals surface area (Å²) in [4.78, 5) is 4.62. The van der Waals surface area contributed by atoms with E-state index in [9.17, 15) is 0 Å². The number of hydrogen-bond acceptors (Lipinski definition) is 2. The molecule has 1 unspecified atom stereocenters. The lowest BCUT2D eigenvalue weighted by Crippen LogP contribution is -2.50. The van der Waals surface area contributed by atoms with Crippen LogP contribution in [0.3, 0.4) is 0 Å². The van der Waals surface area contributed by atoms with Crippen LogP contribution in [-0.2, 0) is 16.7 Å². The number of benzene rings is 1. The van der Waals surface area contributed by atoms with Crippen LogP contribution in [0, 0.1) is 11.3 Å². The van der Waals surface area contributed by atoms with E-state index in [0.717, 1.165) is 12.8 Å². The molecule has 0 amide bonds. The summed E-state index contributed by atoms with van der Waals surface area (Å²) in [5.41, 5.74) is 4.89. The van der Waals surface area contributed by atoms with E-state index in [-0.39, 0.29) is 10.8 Å². The second kappa shape index (κ2) is 5.65. The van der Waals surface area contributed by atoms with Crippen LogP contribution in [0.4, 0.5) is 0 Å². The predicted molar refractivity (Wildman–Crippen MR) is 90.2 cm³/mol. The molecule has 3 rings (SSSR count). The zero-order valence-electron chi connectivity index (χ0n) is 14.5. The van der Waals surface area contributed by atoms with Crippen LogP contribution in [0.25, 0.3) is 0 Å². The van der Waals surface area contributed by atoms with Crippen molar-refractivity contribution >= 4 is 0 Å². The Hall–Kier alpha value is -0.860. The Morgan fingerprint density at radius 3 is 2.73 bits per heavy atom. The van der Waals surface area contributed by atoms with Crippen LogP contribution in [0.2, 0.25) is 0 Å². The molecule has 22 heavy (non-hydrogen) atoms. The van der Waals surface area contributed by atoms with E-state index >= 15 is 0 Å². The minimum Gasteiger partial charge on any atom is -0.252 e. The molecule has 0 bridgehead atoms. The van der Waals surface area contributed by atoms with Gasteiger partial charge < -0.3 is 0 Å². The fourth-order valence-electron chi connectivity index (χ4n) is 5.32. The quantitative estimate of drug-likeness (QED) is 0.605. The highest BCUT2D eigenvalue weighted by Gasteiger charge is 2.51. The molecule has 122 valence electrons. The maximum absolute atomic E-state index is 9.05. The van der Waals surface area contributed by atoms with Crippen molar-refractivity contribution in [2.75, 3.05) is 6.61 Å². The van der Waals surface area contributed by atoms with Crippen LogP contribution in [0.15, 0.2) is 18.2 Å². The Balaban J connectivity index is 2.02. The van der Waals surface area contributed by atoms with Gasteiger partial charge in [0.25, 0.3) is 0 Å². The predicted octanol–water partition coefficient (Wildman–Crippen LogP) is 5.31. The van der Waals surface area contributed by atoms with E-state index in [4.69, 9.17) is 5.26 Å². The standard InChI is InChI=1S/C20H30O2/c1-14(2)15-6-8-17-16(12-15)7-9-18-19(3,13-22-21)10-5-11-20(17,18)4/h6,8,12,14,18,21H,5,7,9-11,13H2,1-4H3/t18?,19-,20+/m0/s1. The first-order valence-electron chi connectivity index (χ1n) is 8.80. The minimum absolute atomic E-state index is 0.0934. The molecule has 0 aliphatic heterocycles. The molecule has 2 heteroatoms. The number of rotatable bonds is 3. The Kier molecular flexibility index (Phi) is 4.11. The van der Waals surface area contributed by atoms with Crippen molar-refractivity contribution in [1.82, 2.24) is 0 Å². The molecule has 2 nitrogen and oxygen atoms in total. The molecule has 3 atom stereocenters. The first-order chi connectivity index (χ1) is 10.4. The van der Waals surface area contributed by atoms with Gasteiger partial charge in [-0.1, -0.05) is 52.3 Å². The van der Waals surface area contributed by atoms with Crippen LogP contribution in [0.5, 0.6) is 0 Å². The molecule has 0 heterocycles. The van der Waals surface area contributed by atoms with Crippen molar-refractivity contribution in [1.29, 1.82) is 0 Å². The number of hydrogen-bond donors (Lipinski definition) is 1. The molecule has 1 aromatic carbocycles. The highest BCUT2D eigenvalue weighted by atomic mass is 17.1. The Morgan fingerprint density at radius 2 is 2.05 bits per heavy atom. The van der Waals surface area contributed by atoms with Gasteiger partial charge in [0.15, 0.2) is 0 Å². The first kappa shape index (κ1) is 16.0. The monoisotopic (exact) mass is 302 g/mol. The first-order valence-corrected chi connectivity index (χ1v) is 8.80. The van der Waals surface area contributed by atoms with Gasteiger partial charge in [-0.05, 0) is 65.0 Å². The lowest BCUT2D eigenvalue weighted by Gasteiger charge is -2.55. The molecule has 0 radical (unpaired) electrons. The maximum Gasteiger partial charge on any atom is 0.0876 e. The second-order valence-electron chi connectivity index (χ2n) is 8.36. The topological polar surface area (TPSA) is 29.5 Å². The molecule has 1 fully saturated rings. The van der Waals surface area contributed by atoms with Crippen molar-refractivity contribution in [2.24, 2.45) is 11.3 Å². The van der Waals surface area contributed by atoms with Crippen LogP contribution in [-0.4, -0.2) is 11.9 Å². The molecule has 1 saturated carbocycles. The van der Waals surface area contributed by atoms with Gasteiger partial charge >= 0.3 is 0 Å². The summed E-state index contributed by atoms with van der Waals surface area (Å²) in [6.45, 7) is 9.75. The molecule has 1 N–H and O–H groups in total. The minimum atomic E-state index is 0.0934. The summed E-state index contributed by atoms with van der Waals surface area (Å²) in [5.74, 6) is 1.19. The number of fused-ring (bicyclic) bond motifs is 3. The third kappa shape index (κ3) is 2.41. The van der Waals surface area contributed by atoms with Crippen molar-refractivity contribution in [3.8, 4) is 0 Å². The summed E-state index contributed by atoms with van der Waals surface area (Å²) in [6, 6.07) is 7.16. The second-order valence-corrected chi connectivity index (χ2v) is 8.36. The highest BCUT2D eigenvalue weighted by Crippen LogP contribution is 2.57. The van der Waals surface area contributed by atoms with E-state index in [1.54, 1.807) is 11.1 Å². The van der Waals surface area contributed by atoms with Crippen LogP contribution < -0.4 is 0 Å². The molecule has 2 aliphatic rings. The fourth-order valence-corrected chi connectivity index (χ4v) is 5.32. The smallest absolute Gasteiger partial charge is 0.0876 e. The van der Waals surface area contributed by atoms with Gasteiger partial charge in [-0.15, -0.1) is 0 Å². The van der Waals surface area contributed by atoms with Crippen LogP contribution in [0.1, 0.15) is 76.0 Å². The van der Waals surface area contributed by atoms with E-state index in [0.29, 0.717) is 18.4 Å². The van der Waals surface area contributed by atoms with Gasteiger partial charge in [0, 0.05) is 0 Å². The van der Waals surface area contributed by atoms with Crippen molar-refractivity contribution in [3.63, 3.8) is 0 Å². The van der Waals surface area contributed by atoms with Gasteiger partial charge in [0.2, 0.25) is 0 Å². The van der Waals surface area contributed by atoms with Crippen molar-refractivity contribution < 1.29 is 10.1 Å².